The molecule has 3 heteroatoms. The third-order valence-electron chi connectivity index (χ3n) is 2.76. The van der Waals surface area contributed by atoms with Crippen molar-refractivity contribution in [1.82, 2.24) is 14.4 Å². The summed E-state index contributed by atoms with van der Waals surface area (Å²) in [6, 6.07) is 18.2. The molecule has 3 aromatic heterocycles. The predicted molar refractivity (Wildman–Crippen MR) is 73.5 cm³/mol. The van der Waals surface area contributed by atoms with Gasteiger partial charge in [-0.2, -0.15) is 0 Å². The van der Waals surface area contributed by atoms with Gasteiger partial charge >= 0.3 is 0 Å². The fourth-order valence-corrected chi connectivity index (χ4v) is 1.86. The van der Waals surface area contributed by atoms with Crippen LogP contribution >= 0.6 is 0 Å². The average molecular weight is 235 g/mol. The largest absolute Gasteiger partial charge is 0.345 e. The predicted octanol–water partition coefficient (Wildman–Crippen LogP) is 3.50. The Kier molecular flexibility index (Phi) is 2.80. The van der Waals surface area contributed by atoms with Crippen LogP contribution in [-0.2, 0) is 0 Å². The minimum Gasteiger partial charge on any atom is -0.345 e. The number of H-pyrrole nitrogens is 1. The summed E-state index contributed by atoms with van der Waals surface area (Å²) < 4.78 is 2.08. The molecule has 0 amide bonds. The van der Waals surface area contributed by atoms with Crippen molar-refractivity contribution < 1.29 is 0 Å². The van der Waals surface area contributed by atoms with E-state index in [2.05, 4.69) is 26.5 Å². The van der Waals surface area contributed by atoms with E-state index in [0.717, 1.165) is 11.0 Å². The third-order valence-corrected chi connectivity index (χ3v) is 2.76. The van der Waals surface area contributed by atoms with E-state index in [0.29, 0.717) is 0 Å². The van der Waals surface area contributed by atoms with Crippen molar-refractivity contribution in [2.24, 2.45) is 0 Å². The van der Waals surface area contributed by atoms with Crippen LogP contribution < -0.4 is 0 Å². The Hall–Kier alpha value is -2.55. The molecule has 4 rings (SSSR count). The smallest absolute Gasteiger partial charge is 0.0931 e. The summed E-state index contributed by atoms with van der Waals surface area (Å²) in [5.74, 6) is 0. The van der Waals surface area contributed by atoms with E-state index in [1.807, 2.05) is 54.9 Å². The first-order chi connectivity index (χ1) is 8.93. The number of nitrogens with one attached hydrogen (secondary N) is 1. The lowest BCUT2D eigenvalue weighted by atomic mass is 10.3. The first-order valence-corrected chi connectivity index (χ1v) is 5.83. The van der Waals surface area contributed by atoms with Gasteiger partial charge < -0.3 is 9.38 Å². The van der Waals surface area contributed by atoms with Crippen molar-refractivity contribution in [3.63, 3.8) is 0 Å². The van der Waals surface area contributed by atoms with E-state index in [9.17, 15) is 0 Å². The normalized spacial score (nSPS) is 10.2. The second-order valence-electron chi connectivity index (χ2n) is 3.96. The van der Waals surface area contributed by atoms with Gasteiger partial charge in [0.05, 0.1) is 17.4 Å². The Balaban J connectivity index is 0.000000111. The number of rotatable bonds is 0. The Morgan fingerprint density at radius 3 is 2.50 bits per heavy atom. The number of nitrogens with zero attached hydrogens (tertiary/aromatic N) is 2. The van der Waals surface area contributed by atoms with Crippen molar-refractivity contribution in [3.8, 4) is 0 Å². The number of imidazole rings is 1. The number of fused-ring (bicyclic) bond motifs is 2. The molecular formula is C15H13N3. The summed E-state index contributed by atoms with van der Waals surface area (Å²) in [4.78, 5) is 7.07. The first kappa shape index (κ1) is 10.6. The maximum absolute atomic E-state index is 4.06. The molecule has 88 valence electrons. The van der Waals surface area contributed by atoms with Crippen molar-refractivity contribution in [2.45, 2.75) is 0 Å². The van der Waals surface area contributed by atoms with Crippen LogP contribution in [0.1, 0.15) is 0 Å². The van der Waals surface area contributed by atoms with Crippen LogP contribution in [0.2, 0.25) is 0 Å². The minimum atomic E-state index is 1.03. The molecule has 0 radical (unpaired) electrons. The van der Waals surface area contributed by atoms with Crippen LogP contribution in [0, 0.1) is 0 Å². The Labute approximate surface area is 105 Å². The molecule has 0 bridgehead atoms. The molecule has 0 saturated carbocycles. The lowest BCUT2D eigenvalue weighted by Crippen LogP contribution is -1.75. The monoisotopic (exact) mass is 235 g/mol. The van der Waals surface area contributed by atoms with Gasteiger partial charge in [-0.05, 0) is 36.4 Å². The average Bonchev–Trinajstić information content (AvgIpc) is 3.08. The molecule has 4 aromatic rings. The number of hydrogen-bond donors (Lipinski definition) is 1. The van der Waals surface area contributed by atoms with E-state index < -0.39 is 0 Å². The number of hydrogen-bond acceptors (Lipinski definition) is 1. The highest BCUT2D eigenvalue weighted by molar-refractivity contribution is 5.73. The third kappa shape index (κ3) is 2.11. The minimum absolute atomic E-state index is 1.03. The zero-order valence-electron chi connectivity index (χ0n) is 9.82. The maximum atomic E-state index is 4.06. The lowest BCUT2D eigenvalue weighted by Gasteiger charge is -1.88. The fraction of sp³-hybridized carbons (Fsp3) is 0. The summed E-state index contributed by atoms with van der Waals surface area (Å²) in [5.41, 5.74) is 3.37. The van der Waals surface area contributed by atoms with Crippen molar-refractivity contribution >= 4 is 16.6 Å². The number of para-hydroxylation sites is 2. The van der Waals surface area contributed by atoms with Gasteiger partial charge in [-0.25, -0.2) is 4.98 Å². The fourth-order valence-electron chi connectivity index (χ4n) is 1.86. The van der Waals surface area contributed by atoms with Gasteiger partial charge in [-0.1, -0.05) is 18.2 Å². The van der Waals surface area contributed by atoms with Gasteiger partial charge in [0.25, 0.3) is 0 Å². The molecule has 0 saturated heterocycles. The number of pyridine rings is 1. The molecule has 3 heterocycles. The first-order valence-electron chi connectivity index (χ1n) is 5.83. The molecule has 3 nitrogen and oxygen atoms in total. The molecule has 0 spiro atoms. The molecule has 0 atom stereocenters. The van der Waals surface area contributed by atoms with E-state index in [1.165, 1.54) is 5.52 Å². The molecule has 1 N–H and O–H groups in total. The Bertz CT molecular complexity index is 626. The summed E-state index contributed by atoms with van der Waals surface area (Å²) in [7, 11) is 0. The van der Waals surface area contributed by atoms with E-state index in [-0.39, 0.29) is 0 Å². The SMILES string of the molecule is c1ccc2[nH]cnc2c1.c1ccn2cccc2c1. The quantitative estimate of drug-likeness (QED) is 0.497. The zero-order valence-corrected chi connectivity index (χ0v) is 9.82. The molecule has 0 aliphatic heterocycles. The van der Waals surface area contributed by atoms with E-state index >= 15 is 0 Å². The van der Waals surface area contributed by atoms with Gasteiger partial charge in [0.2, 0.25) is 0 Å². The van der Waals surface area contributed by atoms with Gasteiger partial charge in [0.1, 0.15) is 0 Å². The Morgan fingerprint density at radius 2 is 1.61 bits per heavy atom. The van der Waals surface area contributed by atoms with Crippen LogP contribution in [0.25, 0.3) is 16.6 Å². The lowest BCUT2D eigenvalue weighted by molar-refractivity contribution is 1.20. The molecule has 0 unspecified atom stereocenters. The summed E-state index contributed by atoms with van der Waals surface area (Å²) in [5, 5.41) is 0. The molecule has 0 aliphatic rings. The topological polar surface area (TPSA) is 33.1 Å². The van der Waals surface area contributed by atoms with Crippen LogP contribution in [0.4, 0.5) is 0 Å². The second kappa shape index (κ2) is 4.75. The van der Waals surface area contributed by atoms with E-state index in [1.54, 1.807) is 6.33 Å². The van der Waals surface area contributed by atoms with Crippen molar-refractivity contribution in [1.29, 1.82) is 0 Å². The molecule has 1 aromatic carbocycles. The van der Waals surface area contributed by atoms with Crippen LogP contribution in [0.15, 0.2) is 73.3 Å². The van der Waals surface area contributed by atoms with Crippen molar-refractivity contribution in [2.75, 3.05) is 0 Å². The molecular weight excluding hydrogens is 222 g/mol. The summed E-state index contributed by atoms with van der Waals surface area (Å²) in [6.45, 7) is 0. The van der Waals surface area contributed by atoms with Gasteiger partial charge in [-0.15, -0.1) is 0 Å². The zero-order chi connectivity index (χ0) is 12.2. The number of benzene rings is 1. The van der Waals surface area contributed by atoms with Gasteiger partial charge in [-0.3, -0.25) is 0 Å². The summed E-state index contributed by atoms with van der Waals surface area (Å²) >= 11 is 0. The number of aromatic nitrogens is 3. The highest BCUT2D eigenvalue weighted by atomic mass is 14.9. The van der Waals surface area contributed by atoms with Crippen LogP contribution in [0.3, 0.4) is 0 Å². The number of aromatic amines is 1. The maximum Gasteiger partial charge on any atom is 0.0931 e. The van der Waals surface area contributed by atoms with Crippen molar-refractivity contribution in [3.05, 3.63) is 73.3 Å². The standard InChI is InChI=1S/C8H7N.C7H6N2/c1-2-6-9-7-3-5-8(9)4-1;1-2-4-7-6(3-1)8-5-9-7/h1-7H;1-5H,(H,8,9). The highest BCUT2D eigenvalue weighted by Gasteiger charge is 1.88. The molecule has 18 heavy (non-hydrogen) atoms. The Morgan fingerprint density at radius 1 is 0.833 bits per heavy atom. The van der Waals surface area contributed by atoms with Crippen LogP contribution in [-0.4, -0.2) is 14.4 Å². The molecule has 0 aliphatic carbocycles. The van der Waals surface area contributed by atoms with Crippen LogP contribution in [0.5, 0.6) is 0 Å². The van der Waals surface area contributed by atoms with Gasteiger partial charge in [0, 0.05) is 17.9 Å². The van der Waals surface area contributed by atoms with Gasteiger partial charge in [0.15, 0.2) is 0 Å². The molecule has 0 fully saturated rings. The highest BCUT2D eigenvalue weighted by Crippen LogP contribution is 2.05. The second-order valence-corrected chi connectivity index (χ2v) is 3.96. The summed E-state index contributed by atoms with van der Waals surface area (Å²) in [6.07, 6.45) is 5.77. The van der Waals surface area contributed by atoms with E-state index in [4.69, 9.17) is 0 Å².